The van der Waals surface area contributed by atoms with Crippen LogP contribution < -0.4 is 11.6 Å². The molecule has 112 valence electrons. The Morgan fingerprint density at radius 3 is 2.82 bits per heavy atom. The molecule has 0 unspecified atom stereocenters. The number of hydrogen-bond acceptors (Lipinski definition) is 5. The smallest absolute Gasteiger partial charge is 0.170 e. The van der Waals surface area contributed by atoms with Crippen molar-refractivity contribution in [1.29, 1.82) is 0 Å². The summed E-state index contributed by atoms with van der Waals surface area (Å²) in [6, 6.07) is 9.81. The molecule has 22 heavy (non-hydrogen) atoms. The highest BCUT2D eigenvalue weighted by molar-refractivity contribution is 5.96. The van der Waals surface area contributed by atoms with E-state index in [0.717, 1.165) is 0 Å². The maximum absolute atomic E-state index is 13.8. The van der Waals surface area contributed by atoms with E-state index in [1.165, 1.54) is 12.3 Å². The Balaban J connectivity index is 2.06. The molecule has 3 aromatic rings. The molecule has 3 rings (SSSR count). The summed E-state index contributed by atoms with van der Waals surface area (Å²) in [5, 5.41) is 11.6. The third-order valence-electron chi connectivity index (χ3n) is 3.16. The predicted molar refractivity (Wildman–Crippen MR) is 78.1 cm³/mol. The van der Waals surface area contributed by atoms with Crippen LogP contribution in [0.2, 0.25) is 0 Å². The van der Waals surface area contributed by atoms with Gasteiger partial charge in [0, 0.05) is 11.6 Å². The standard InChI is InChI=1S/C14H13FN6O/c15-10-4-2-1-3-9(10)8-21-13(11-5-6-22-20-11)7-12(19-21)14(16)18-17/h1-7H,8,17H2,(H2,16,18). The molecule has 0 saturated carbocycles. The molecular weight excluding hydrogens is 287 g/mol. The van der Waals surface area contributed by atoms with Gasteiger partial charge in [0.25, 0.3) is 0 Å². The third-order valence-corrected chi connectivity index (χ3v) is 3.16. The van der Waals surface area contributed by atoms with Crippen LogP contribution in [-0.4, -0.2) is 20.8 Å². The van der Waals surface area contributed by atoms with Crippen LogP contribution in [-0.2, 0) is 6.54 Å². The highest BCUT2D eigenvalue weighted by Crippen LogP contribution is 2.20. The molecule has 7 nitrogen and oxygen atoms in total. The first-order valence-electron chi connectivity index (χ1n) is 6.45. The molecule has 0 bridgehead atoms. The van der Waals surface area contributed by atoms with E-state index in [-0.39, 0.29) is 18.2 Å². The lowest BCUT2D eigenvalue weighted by atomic mass is 10.2. The van der Waals surface area contributed by atoms with E-state index in [2.05, 4.69) is 15.4 Å². The van der Waals surface area contributed by atoms with Gasteiger partial charge in [0.2, 0.25) is 0 Å². The molecule has 0 spiro atoms. The summed E-state index contributed by atoms with van der Waals surface area (Å²) in [7, 11) is 0. The molecule has 4 N–H and O–H groups in total. The monoisotopic (exact) mass is 300 g/mol. The summed E-state index contributed by atoms with van der Waals surface area (Å²) < 4.78 is 20.3. The average molecular weight is 300 g/mol. The Labute approximate surface area is 125 Å². The minimum Gasteiger partial charge on any atom is -0.380 e. The van der Waals surface area contributed by atoms with Gasteiger partial charge >= 0.3 is 0 Å². The summed E-state index contributed by atoms with van der Waals surface area (Å²) in [6.07, 6.45) is 1.44. The normalized spacial score (nSPS) is 11.8. The minimum absolute atomic E-state index is 0.0806. The Hall–Kier alpha value is -3.16. The zero-order chi connectivity index (χ0) is 15.5. The van der Waals surface area contributed by atoms with Crippen LogP contribution in [0.3, 0.4) is 0 Å². The summed E-state index contributed by atoms with van der Waals surface area (Å²) in [4.78, 5) is 0. The number of hydrazone groups is 1. The van der Waals surface area contributed by atoms with Crippen LogP contribution in [0.1, 0.15) is 11.3 Å². The second kappa shape index (κ2) is 5.68. The highest BCUT2D eigenvalue weighted by Gasteiger charge is 2.15. The van der Waals surface area contributed by atoms with Gasteiger partial charge in [0.05, 0.1) is 12.2 Å². The van der Waals surface area contributed by atoms with Gasteiger partial charge in [-0.15, -0.1) is 0 Å². The quantitative estimate of drug-likeness (QED) is 0.327. The number of nitrogens with two attached hydrogens (primary N) is 2. The average Bonchev–Trinajstić information content (AvgIpc) is 3.18. The third kappa shape index (κ3) is 2.53. The van der Waals surface area contributed by atoms with Crippen molar-refractivity contribution in [3.63, 3.8) is 0 Å². The minimum atomic E-state index is -0.314. The van der Waals surface area contributed by atoms with Gasteiger partial charge in [-0.3, -0.25) is 4.68 Å². The fraction of sp³-hybridized carbons (Fsp3) is 0.0714. The van der Waals surface area contributed by atoms with E-state index < -0.39 is 0 Å². The van der Waals surface area contributed by atoms with E-state index in [1.807, 2.05) is 0 Å². The SMILES string of the molecule is NN=C(N)c1cc(-c2ccon2)n(Cc2ccccc2F)n1. The number of nitrogens with zero attached hydrogens (tertiary/aromatic N) is 4. The molecule has 0 amide bonds. The maximum Gasteiger partial charge on any atom is 0.170 e. The van der Waals surface area contributed by atoms with Crippen molar-refractivity contribution in [2.24, 2.45) is 16.7 Å². The number of aromatic nitrogens is 3. The Kier molecular flexibility index (Phi) is 3.57. The molecule has 0 aliphatic heterocycles. The van der Waals surface area contributed by atoms with Gasteiger partial charge in [0.15, 0.2) is 5.84 Å². The first-order chi connectivity index (χ1) is 10.7. The molecule has 2 heterocycles. The van der Waals surface area contributed by atoms with Gasteiger partial charge in [-0.1, -0.05) is 23.4 Å². The second-order valence-corrected chi connectivity index (χ2v) is 4.56. The van der Waals surface area contributed by atoms with Crippen molar-refractivity contribution < 1.29 is 8.91 Å². The summed E-state index contributed by atoms with van der Waals surface area (Å²) >= 11 is 0. The second-order valence-electron chi connectivity index (χ2n) is 4.56. The fourth-order valence-electron chi connectivity index (χ4n) is 2.07. The summed E-state index contributed by atoms with van der Waals surface area (Å²) in [6.45, 7) is 0.215. The molecule has 0 atom stereocenters. The number of halogens is 1. The summed E-state index contributed by atoms with van der Waals surface area (Å²) in [5.41, 5.74) is 7.74. The van der Waals surface area contributed by atoms with Crippen LogP contribution in [0.25, 0.3) is 11.4 Å². The van der Waals surface area contributed by atoms with E-state index in [9.17, 15) is 4.39 Å². The first-order valence-corrected chi connectivity index (χ1v) is 6.45. The summed E-state index contributed by atoms with van der Waals surface area (Å²) in [5.74, 6) is 4.95. The molecule has 0 aliphatic rings. The predicted octanol–water partition coefficient (Wildman–Crippen LogP) is 1.30. The molecule has 8 heteroatoms. The van der Waals surface area contributed by atoms with Gasteiger partial charge in [-0.05, 0) is 12.1 Å². The number of benzene rings is 1. The molecule has 2 aromatic heterocycles. The van der Waals surface area contributed by atoms with Crippen molar-refractivity contribution in [3.05, 3.63) is 59.7 Å². The van der Waals surface area contributed by atoms with E-state index in [1.54, 1.807) is 35.0 Å². The molecule has 0 aliphatic carbocycles. The topological polar surface area (TPSA) is 108 Å². The zero-order valence-corrected chi connectivity index (χ0v) is 11.5. The van der Waals surface area contributed by atoms with Crippen LogP contribution >= 0.6 is 0 Å². The molecule has 0 saturated heterocycles. The van der Waals surface area contributed by atoms with Crippen molar-refractivity contribution >= 4 is 5.84 Å². The van der Waals surface area contributed by atoms with E-state index in [4.69, 9.17) is 16.1 Å². The van der Waals surface area contributed by atoms with Crippen LogP contribution in [0.5, 0.6) is 0 Å². The van der Waals surface area contributed by atoms with Gasteiger partial charge in [-0.2, -0.15) is 10.2 Å². The highest BCUT2D eigenvalue weighted by atomic mass is 19.1. The number of hydrogen-bond donors (Lipinski definition) is 2. The Morgan fingerprint density at radius 2 is 2.14 bits per heavy atom. The molecular formula is C14H13FN6O. The van der Waals surface area contributed by atoms with Crippen LogP contribution in [0, 0.1) is 5.82 Å². The fourth-order valence-corrected chi connectivity index (χ4v) is 2.07. The molecule has 1 aromatic carbocycles. The largest absolute Gasteiger partial charge is 0.380 e. The lowest BCUT2D eigenvalue weighted by molar-refractivity contribution is 0.421. The zero-order valence-electron chi connectivity index (χ0n) is 11.5. The van der Waals surface area contributed by atoms with Crippen molar-refractivity contribution in [2.45, 2.75) is 6.54 Å². The molecule has 0 fully saturated rings. The van der Waals surface area contributed by atoms with E-state index in [0.29, 0.717) is 22.6 Å². The van der Waals surface area contributed by atoms with Crippen molar-refractivity contribution in [3.8, 4) is 11.4 Å². The van der Waals surface area contributed by atoms with Gasteiger partial charge in [-0.25, -0.2) is 4.39 Å². The lowest BCUT2D eigenvalue weighted by Gasteiger charge is -2.06. The van der Waals surface area contributed by atoms with Crippen LogP contribution in [0.4, 0.5) is 4.39 Å². The number of amidine groups is 1. The first kappa shape index (κ1) is 13.8. The Bertz CT molecular complexity index is 809. The maximum atomic E-state index is 13.8. The Morgan fingerprint density at radius 1 is 1.32 bits per heavy atom. The lowest BCUT2D eigenvalue weighted by Crippen LogP contribution is -2.17. The van der Waals surface area contributed by atoms with Crippen molar-refractivity contribution in [1.82, 2.24) is 14.9 Å². The van der Waals surface area contributed by atoms with E-state index >= 15 is 0 Å². The molecule has 0 radical (unpaired) electrons. The number of rotatable bonds is 4. The van der Waals surface area contributed by atoms with Gasteiger partial charge in [0.1, 0.15) is 23.5 Å². The van der Waals surface area contributed by atoms with Crippen molar-refractivity contribution in [2.75, 3.05) is 0 Å². The van der Waals surface area contributed by atoms with Crippen LogP contribution in [0.15, 0.2) is 52.3 Å². The van der Waals surface area contributed by atoms with Gasteiger partial charge < -0.3 is 16.1 Å².